The monoisotopic (exact) mass is 436 g/mol. The Labute approximate surface area is 182 Å². The summed E-state index contributed by atoms with van der Waals surface area (Å²) >= 11 is 2.91. The van der Waals surface area contributed by atoms with Crippen LogP contribution in [0.1, 0.15) is 22.4 Å². The van der Waals surface area contributed by atoms with E-state index in [1.54, 1.807) is 6.07 Å². The van der Waals surface area contributed by atoms with Crippen molar-refractivity contribution in [3.8, 4) is 11.3 Å². The Morgan fingerprint density at radius 2 is 1.73 bits per heavy atom. The molecule has 2 amide bonds. The van der Waals surface area contributed by atoms with Gasteiger partial charge in [-0.15, -0.1) is 11.3 Å². The number of carbonyl (C=O) groups excluding carboxylic acids is 2. The summed E-state index contributed by atoms with van der Waals surface area (Å²) < 4.78 is 0.894. The lowest BCUT2D eigenvalue weighted by Crippen LogP contribution is -2.13. The fourth-order valence-corrected chi connectivity index (χ4v) is 4.97. The zero-order valence-corrected chi connectivity index (χ0v) is 18.4. The molecular weight excluding hydrogens is 416 g/mol. The lowest BCUT2D eigenvalue weighted by molar-refractivity contribution is -0.115. The first-order valence-electron chi connectivity index (χ1n) is 9.39. The fourth-order valence-electron chi connectivity index (χ4n) is 3.09. The highest BCUT2D eigenvalue weighted by Crippen LogP contribution is 2.31. The molecule has 4 aromatic rings. The third kappa shape index (κ3) is 4.55. The third-order valence-corrected chi connectivity index (χ3v) is 6.31. The van der Waals surface area contributed by atoms with Gasteiger partial charge in [0.2, 0.25) is 11.8 Å². The van der Waals surface area contributed by atoms with Crippen LogP contribution in [-0.4, -0.2) is 21.8 Å². The average molecular weight is 437 g/mol. The van der Waals surface area contributed by atoms with E-state index in [4.69, 9.17) is 0 Å². The van der Waals surface area contributed by atoms with Crippen LogP contribution in [0, 0.1) is 13.8 Å². The molecule has 0 aliphatic carbocycles. The standard InChI is InChI=1S/C22H20N4O2S2/c1-12-4-6-15(7-5-12)21-19(29-14(3)24-21)11-20(28)26-22-25-17-9-8-16(23-13(2)27)10-18(17)30-22/h4-10H,11H2,1-3H3,(H,23,27)(H,25,26,28). The van der Waals surface area contributed by atoms with Crippen LogP contribution in [0.15, 0.2) is 42.5 Å². The Balaban J connectivity index is 1.51. The summed E-state index contributed by atoms with van der Waals surface area (Å²) in [7, 11) is 0. The van der Waals surface area contributed by atoms with E-state index in [9.17, 15) is 9.59 Å². The van der Waals surface area contributed by atoms with E-state index in [0.29, 0.717) is 10.8 Å². The summed E-state index contributed by atoms with van der Waals surface area (Å²) in [5, 5.41) is 7.12. The molecule has 2 N–H and O–H groups in total. The summed E-state index contributed by atoms with van der Waals surface area (Å²) in [6.07, 6.45) is 0.238. The SMILES string of the molecule is CC(=O)Nc1ccc2nc(NC(=O)Cc3sc(C)nc3-c3ccc(C)cc3)sc2c1. The summed E-state index contributed by atoms with van der Waals surface area (Å²) in [5.41, 5.74) is 4.54. The maximum atomic E-state index is 12.7. The van der Waals surface area contributed by atoms with Gasteiger partial charge in [-0.2, -0.15) is 0 Å². The predicted molar refractivity (Wildman–Crippen MR) is 123 cm³/mol. The Bertz CT molecular complexity index is 1240. The number of thiazole rings is 2. The van der Waals surface area contributed by atoms with Crippen LogP contribution in [0.4, 0.5) is 10.8 Å². The molecule has 0 aliphatic rings. The van der Waals surface area contributed by atoms with Crippen molar-refractivity contribution in [1.82, 2.24) is 9.97 Å². The smallest absolute Gasteiger partial charge is 0.231 e. The number of rotatable bonds is 5. The molecule has 0 aliphatic heterocycles. The molecular formula is C22H20N4O2S2. The highest BCUT2D eigenvalue weighted by atomic mass is 32.1. The van der Waals surface area contributed by atoms with E-state index < -0.39 is 0 Å². The minimum Gasteiger partial charge on any atom is -0.326 e. The van der Waals surface area contributed by atoms with Gasteiger partial charge in [0, 0.05) is 23.1 Å². The lowest BCUT2D eigenvalue weighted by atomic mass is 10.1. The quantitative estimate of drug-likeness (QED) is 0.452. The van der Waals surface area contributed by atoms with Crippen molar-refractivity contribution in [3.63, 3.8) is 0 Å². The van der Waals surface area contributed by atoms with Crippen molar-refractivity contribution in [2.24, 2.45) is 0 Å². The molecule has 152 valence electrons. The minimum atomic E-state index is -0.131. The first kappa shape index (κ1) is 20.2. The topological polar surface area (TPSA) is 84.0 Å². The van der Waals surface area contributed by atoms with Crippen molar-refractivity contribution in [3.05, 3.63) is 57.9 Å². The van der Waals surface area contributed by atoms with Crippen LogP contribution in [0.3, 0.4) is 0 Å². The van der Waals surface area contributed by atoms with Crippen LogP contribution >= 0.6 is 22.7 Å². The van der Waals surface area contributed by atoms with Gasteiger partial charge in [-0.3, -0.25) is 9.59 Å². The summed E-state index contributed by atoms with van der Waals surface area (Å²) in [6.45, 7) is 5.46. The third-order valence-electron chi connectivity index (χ3n) is 4.41. The number of aromatic nitrogens is 2. The zero-order chi connectivity index (χ0) is 21.3. The second kappa shape index (κ2) is 8.33. The molecule has 4 rings (SSSR count). The zero-order valence-electron chi connectivity index (χ0n) is 16.8. The van der Waals surface area contributed by atoms with Gasteiger partial charge in [-0.25, -0.2) is 9.97 Å². The molecule has 2 aromatic heterocycles. The predicted octanol–water partition coefficient (Wildman–Crippen LogP) is 5.18. The number of nitrogens with zero attached hydrogens (tertiary/aromatic N) is 2. The number of hydrogen-bond acceptors (Lipinski definition) is 6. The second-order valence-corrected chi connectivity index (χ2v) is 9.30. The van der Waals surface area contributed by atoms with E-state index in [-0.39, 0.29) is 18.2 Å². The number of amides is 2. The van der Waals surface area contributed by atoms with Crippen molar-refractivity contribution < 1.29 is 9.59 Å². The Kier molecular flexibility index (Phi) is 5.61. The molecule has 30 heavy (non-hydrogen) atoms. The first-order valence-corrected chi connectivity index (χ1v) is 11.0. The van der Waals surface area contributed by atoms with Crippen LogP contribution in [-0.2, 0) is 16.0 Å². The van der Waals surface area contributed by atoms with Crippen LogP contribution in [0.5, 0.6) is 0 Å². The summed E-state index contributed by atoms with van der Waals surface area (Å²) in [4.78, 5) is 34.0. The molecule has 0 unspecified atom stereocenters. The van der Waals surface area contributed by atoms with Crippen molar-refractivity contribution in [1.29, 1.82) is 0 Å². The summed E-state index contributed by atoms with van der Waals surface area (Å²) in [6, 6.07) is 13.6. The number of fused-ring (bicyclic) bond motifs is 1. The van der Waals surface area contributed by atoms with Crippen LogP contribution in [0.2, 0.25) is 0 Å². The van der Waals surface area contributed by atoms with E-state index in [2.05, 4.69) is 20.6 Å². The maximum absolute atomic E-state index is 12.7. The van der Waals surface area contributed by atoms with Crippen LogP contribution in [0.25, 0.3) is 21.5 Å². The summed E-state index contributed by atoms with van der Waals surface area (Å²) in [5.74, 6) is -0.259. The van der Waals surface area contributed by atoms with Gasteiger partial charge < -0.3 is 10.6 Å². The van der Waals surface area contributed by atoms with Gasteiger partial charge in [0.25, 0.3) is 0 Å². The Hall–Kier alpha value is -3.10. The van der Waals surface area contributed by atoms with E-state index in [0.717, 1.165) is 31.4 Å². The number of nitrogens with one attached hydrogen (secondary N) is 2. The molecule has 0 atom stereocenters. The largest absolute Gasteiger partial charge is 0.326 e. The van der Waals surface area contributed by atoms with Gasteiger partial charge in [-0.1, -0.05) is 41.2 Å². The highest BCUT2D eigenvalue weighted by Gasteiger charge is 2.16. The Morgan fingerprint density at radius 3 is 2.47 bits per heavy atom. The first-order chi connectivity index (χ1) is 14.4. The number of benzene rings is 2. The fraction of sp³-hybridized carbons (Fsp3) is 0.182. The normalized spacial score (nSPS) is 10.9. The van der Waals surface area contributed by atoms with Crippen molar-refractivity contribution in [2.45, 2.75) is 27.2 Å². The molecule has 0 spiro atoms. The van der Waals surface area contributed by atoms with E-state index in [1.807, 2.05) is 50.2 Å². The maximum Gasteiger partial charge on any atom is 0.231 e. The number of hydrogen-bond donors (Lipinski definition) is 2. The molecule has 2 heterocycles. The highest BCUT2D eigenvalue weighted by molar-refractivity contribution is 7.22. The van der Waals surface area contributed by atoms with Crippen LogP contribution < -0.4 is 10.6 Å². The Morgan fingerprint density at radius 1 is 0.967 bits per heavy atom. The van der Waals surface area contributed by atoms with Crippen molar-refractivity contribution in [2.75, 3.05) is 10.6 Å². The molecule has 0 fully saturated rings. The molecule has 6 nitrogen and oxygen atoms in total. The number of carbonyl (C=O) groups is 2. The van der Waals surface area contributed by atoms with E-state index >= 15 is 0 Å². The van der Waals surface area contributed by atoms with Crippen molar-refractivity contribution >= 4 is 55.5 Å². The molecule has 8 heteroatoms. The minimum absolute atomic E-state index is 0.128. The van der Waals surface area contributed by atoms with E-state index in [1.165, 1.54) is 35.2 Å². The molecule has 0 saturated carbocycles. The van der Waals surface area contributed by atoms with Gasteiger partial charge in [0.15, 0.2) is 5.13 Å². The van der Waals surface area contributed by atoms with Gasteiger partial charge in [-0.05, 0) is 32.0 Å². The van der Waals surface area contributed by atoms with Gasteiger partial charge in [0.1, 0.15) is 0 Å². The molecule has 0 saturated heterocycles. The molecule has 0 radical (unpaired) electrons. The average Bonchev–Trinajstić information content (AvgIpc) is 3.23. The molecule has 0 bridgehead atoms. The number of aryl methyl sites for hydroxylation is 2. The number of anilines is 2. The van der Waals surface area contributed by atoms with Gasteiger partial charge in [0.05, 0.1) is 27.3 Å². The van der Waals surface area contributed by atoms with Gasteiger partial charge >= 0.3 is 0 Å². The lowest BCUT2D eigenvalue weighted by Gasteiger charge is -2.04. The second-order valence-electron chi connectivity index (χ2n) is 6.98. The molecule has 2 aromatic carbocycles.